The summed E-state index contributed by atoms with van der Waals surface area (Å²) in [5.41, 5.74) is 3.23. The number of anilines is 1. The van der Waals surface area contributed by atoms with E-state index in [1.165, 1.54) is 7.11 Å². The smallest absolute Gasteiger partial charge is 0.338 e. The summed E-state index contributed by atoms with van der Waals surface area (Å²) in [5.74, 6) is -0.366. The highest BCUT2D eigenvalue weighted by Crippen LogP contribution is 2.49. The van der Waals surface area contributed by atoms with E-state index in [-0.39, 0.29) is 12.0 Å². The summed E-state index contributed by atoms with van der Waals surface area (Å²) in [6, 6.07) is 15.4. The number of hydrogen-bond acceptors (Lipinski definition) is 5. The lowest BCUT2D eigenvalue weighted by Gasteiger charge is -2.34. The quantitative estimate of drug-likeness (QED) is 0.711. The van der Waals surface area contributed by atoms with Gasteiger partial charge in [-0.1, -0.05) is 35.9 Å². The zero-order chi connectivity index (χ0) is 17.6. The molecule has 4 rings (SSSR count). The maximum Gasteiger partial charge on any atom is 0.338 e. The van der Waals surface area contributed by atoms with Gasteiger partial charge in [-0.3, -0.25) is 0 Å². The highest BCUT2D eigenvalue weighted by Gasteiger charge is 2.41. The van der Waals surface area contributed by atoms with Gasteiger partial charge in [0.1, 0.15) is 0 Å². The Kier molecular flexibility index (Phi) is 4.06. The summed E-state index contributed by atoms with van der Waals surface area (Å²) in [6.07, 6.45) is 0. The minimum absolute atomic E-state index is 0.298. The maximum absolute atomic E-state index is 12.5. The normalized spacial score (nSPS) is 18.6. The molecule has 0 radical (unpaired) electrons. The van der Waals surface area contributed by atoms with Gasteiger partial charge in [0.05, 0.1) is 30.1 Å². The highest BCUT2D eigenvalue weighted by atomic mass is 35.5. The molecule has 2 aliphatic heterocycles. The largest absolute Gasteiger partial charge is 0.466 e. The molecular formula is C19H15ClN2O2S. The number of nitrogens with zero attached hydrogens (tertiary/aromatic N) is 2. The summed E-state index contributed by atoms with van der Waals surface area (Å²) in [4.78, 5) is 20.4. The van der Waals surface area contributed by atoms with Gasteiger partial charge in [-0.2, -0.15) is 0 Å². The third-order valence-electron chi connectivity index (χ3n) is 4.31. The molecule has 2 aromatic rings. The lowest BCUT2D eigenvalue weighted by molar-refractivity contribution is -0.136. The Morgan fingerprint density at radius 3 is 2.64 bits per heavy atom. The van der Waals surface area contributed by atoms with Gasteiger partial charge >= 0.3 is 5.97 Å². The van der Waals surface area contributed by atoms with E-state index in [4.69, 9.17) is 16.3 Å². The number of fused-ring (bicyclic) bond motifs is 3. The molecule has 0 fully saturated rings. The van der Waals surface area contributed by atoms with Gasteiger partial charge in [0.25, 0.3) is 0 Å². The summed E-state index contributed by atoms with van der Waals surface area (Å²) in [7, 11) is 1.40. The monoisotopic (exact) mass is 370 g/mol. The molecular weight excluding hydrogens is 356 g/mol. The van der Waals surface area contributed by atoms with Crippen LogP contribution < -0.4 is 4.90 Å². The molecule has 2 aliphatic rings. The summed E-state index contributed by atoms with van der Waals surface area (Å²) >= 11 is 7.66. The van der Waals surface area contributed by atoms with Gasteiger partial charge in [0, 0.05) is 9.92 Å². The van der Waals surface area contributed by atoms with Crippen molar-refractivity contribution in [3.63, 3.8) is 0 Å². The van der Waals surface area contributed by atoms with Crippen LogP contribution >= 0.6 is 23.4 Å². The summed E-state index contributed by atoms with van der Waals surface area (Å²) in [5, 5.41) is 1.52. The first-order chi connectivity index (χ1) is 12.1. The van der Waals surface area contributed by atoms with Gasteiger partial charge < -0.3 is 9.64 Å². The molecule has 25 heavy (non-hydrogen) atoms. The SMILES string of the molecule is COC(=O)C1=C(C)N=C2Sc3ccccc3N2C1c1ccc(Cl)cc1. The number of hydrogen-bond donors (Lipinski definition) is 0. The fourth-order valence-corrected chi connectivity index (χ4v) is 4.40. The van der Waals surface area contributed by atoms with Gasteiger partial charge in [-0.05, 0) is 48.5 Å². The number of benzene rings is 2. The summed E-state index contributed by atoms with van der Waals surface area (Å²) in [6.45, 7) is 1.85. The number of methoxy groups -OCH3 is 1. The third-order valence-corrected chi connectivity index (χ3v) is 5.60. The van der Waals surface area contributed by atoms with Gasteiger partial charge in [-0.15, -0.1) is 0 Å². The molecule has 4 nitrogen and oxygen atoms in total. The lowest BCUT2D eigenvalue weighted by atomic mass is 9.94. The van der Waals surface area contributed by atoms with Crippen molar-refractivity contribution in [1.82, 2.24) is 0 Å². The molecule has 1 atom stereocenters. The van der Waals surface area contributed by atoms with Crippen molar-refractivity contribution in [3.05, 3.63) is 70.4 Å². The first-order valence-electron chi connectivity index (χ1n) is 7.79. The van der Waals surface area contributed by atoms with E-state index >= 15 is 0 Å². The fraction of sp³-hybridized carbons (Fsp3) is 0.158. The number of amidine groups is 1. The van der Waals surface area contributed by atoms with Crippen molar-refractivity contribution in [2.24, 2.45) is 4.99 Å². The molecule has 0 aromatic heterocycles. The Morgan fingerprint density at radius 1 is 1.20 bits per heavy atom. The number of para-hydroxylation sites is 1. The Labute approximate surface area is 155 Å². The van der Waals surface area contributed by atoms with E-state index in [0.717, 1.165) is 21.3 Å². The molecule has 0 bridgehead atoms. The molecule has 0 N–H and O–H groups in total. The Balaban J connectivity index is 1.92. The number of aliphatic imine (C=N–C) groups is 1. The van der Waals surface area contributed by atoms with Crippen molar-refractivity contribution < 1.29 is 9.53 Å². The topological polar surface area (TPSA) is 41.9 Å². The first-order valence-corrected chi connectivity index (χ1v) is 8.99. The van der Waals surface area contributed by atoms with Crippen molar-refractivity contribution in [3.8, 4) is 0 Å². The minimum atomic E-state index is -0.366. The van der Waals surface area contributed by atoms with Crippen LogP contribution in [0.5, 0.6) is 0 Å². The van der Waals surface area contributed by atoms with E-state index < -0.39 is 0 Å². The van der Waals surface area contributed by atoms with E-state index in [2.05, 4.69) is 16.0 Å². The van der Waals surface area contributed by atoms with Crippen LogP contribution in [0, 0.1) is 0 Å². The number of carbonyl (C=O) groups excluding carboxylic acids is 1. The zero-order valence-electron chi connectivity index (χ0n) is 13.7. The third kappa shape index (κ3) is 2.64. The van der Waals surface area contributed by atoms with Gasteiger partial charge in [0.15, 0.2) is 5.17 Å². The predicted molar refractivity (Wildman–Crippen MR) is 101 cm³/mol. The molecule has 0 amide bonds. The molecule has 1 unspecified atom stereocenters. The zero-order valence-corrected chi connectivity index (χ0v) is 15.3. The predicted octanol–water partition coefficient (Wildman–Crippen LogP) is 4.81. The average Bonchev–Trinajstić information content (AvgIpc) is 2.98. The average molecular weight is 371 g/mol. The van der Waals surface area contributed by atoms with Crippen LogP contribution in [0.15, 0.2) is 69.7 Å². The second-order valence-electron chi connectivity index (χ2n) is 5.78. The molecule has 0 aliphatic carbocycles. The van der Waals surface area contributed by atoms with Gasteiger partial charge in [-0.25, -0.2) is 9.79 Å². The van der Waals surface area contributed by atoms with Crippen LogP contribution in [0.3, 0.4) is 0 Å². The number of allylic oxidation sites excluding steroid dienone is 1. The van der Waals surface area contributed by atoms with Crippen molar-refractivity contribution in [2.75, 3.05) is 12.0 Å². The Hall–Kier alpha value is -2.24. The number of esters is 1. The minimum Gasteiger partial charge on any atom is -0.466 e. The molecule has 0 saturated carbocycles. The van der Waals surface area contributed by atoms with E-state index in [1.54, 1.807) is 11.8 Å². The van der Waals surface area contributed by atoms with Gasteiger partial charge in [0.2, 0.25) is 0 Å². The molecule has 0 saturated heterocycles. The van der Waals surface area contributed by atoms with E-state index in [9.17, 15) is 4.79 Å². The van der Waals surface area contributed by atoms with Crippen LogP contribution in [-0.2, 0) is 9.53 Å². The molecule has 0 spiro atoms. The van der Waals surface area contributed by atoms with E-state index in [0.29, 0.717) is 16.3 Å². The highest BCUT2D eigenvalue weighted by molar-refractivity contribution is 8.14. The first kappa shape index (κ1) is 16.2. The Bertz CT molecular complexity index is 921. The standard InChI is InChI=1S/C19H15ClN2O2S/c1-11-16(18(23)24-2)17(12-7-9-13(20)10-8-12)22-14-5-3-4-6-15(14)25-19(22)21-11/h3-10,17H,1-2H3. The maximum atomic E-state index is 12.5. The number of thioether (sulfide) groups is 1. The van der Waals surface area contributed by atoms with Crippen molar-refractivity contribution in [2.45, 2.75) is 17.9 Å². The van der Waals surface area contributed by atoms with Crippen LogP contribution in [0.25, 0.3) is 0 Å². The Morgan fingerprint density at radius 2 is 1.92 bits per heavy atom. The van der Waals surface area contributed by atoms with Crippen LogP contribution in [0.4, 0.5) is 5.69 Å². The molecule has 6 heteroatoms. The van der Waals surface area contributed by atoms with Crippen molar-refractivity contribution in [1.29, 1.82) is 0 Å². The van der Waals surface area contributed by atoms with Crippen LogP contribution in [0.2, 0.25) is 5.02 Å². The number of halogens is 1. The number of carbonyl (C=O) groups is 1. The lowest BCUT2D eigenvalue weighted by Crippen LogP contribution is -2.37. The van der Waals surface area contributed by atoms with Crippen LogP contribution in [-0.4, -0.2) is 18.2 Å². The second kappa shape index (κ2) is 6.24. The number of ether oxygens (including phenoxy) is 1. The number of rotatable bonds is 2. The molecule has 126 valence electrons. The van der Waals surface area contributed by atoms with Crippen molar-refractivity contribution >= 4 is 40.2 Å². The van der Waals surface area contributed by atoms with E-state index in [1.807, 2.05) is 49.4 Å². The van der Waals surface area contributed by atoms with Crippen LogP contribution in [0.1, 0.15) is 18.5 Å². The second-order valence-corrected chi connectivity index (χ2v) is 7.22. The molecule has 2 aromatic carbocycles. The summed E-state index contributed by atoms with van der Waals surface area (Å²) < 4.78 is 5.05. The molecule has 2 heterocycles. The fourth-order valence-electron chi connectivity index (χ4n) is 3.18.